The number of aliphatic hydroxyl groups excluding tert-OH is 1. The molecule has 1 rings (SSSR count). The van der Waals surface area contributed by atoms with Gasteiger partial charge in [-0.25, -0.2) is 8.42 Å². The molecule has 4 nitrogen and oxygen atoms in total. The Labute approximate surface area is 121 Å². The van der Waals surface area contributed by atoms with Crippen LogP contribution in [0, 0.1) is 11.8 Å². The molecule has 20 heavy (non-hydrogen) atoms. The average Bonchev–Trinajstić information content (AvgIpc) is 2.46. The molecule has 0 aromatic heterocycles. The van der Waals surface area contributed by atoms with Crippen molar-refractivity contribution in [3.05, 3.63) is 29.8 Å². The summed E-state index contributed by atoms with van der Waals surface area (Å²) >= 11 is 0. The summed E-state index contributed by atoms with van der Waals surface area (Å²) < 4.78 is 26.8. The highest BCUT2D eigenvalue weighted by atomic mass is 32.2. The molecule has 0 aliphatic rings. The number of benzene rings is 1. The molecule has 0 spiro atoms. The first kappa shape index (κ1) is 16.7. The standard InChI is InChI=1S/C15H21NO3S/c1-4-14(5-2)16(3)20(18,19)15-11-7-6-9-13(15)10-8-12-17/h6-7,9,11,14,17H,4-5,12H2,1-3H3. The third-order valence-corrected chi connectivity index (χ3v) is 5.27. The van der Waals surface area contributed by atoms with Crippen LogP contribution in [0.3, 0.4) is 0 Å². The lowest BCUT2D eigenvalue weighted by Crippen LogP contribution is -2.36. The lowest BCUT2D eigenvalue weighted by Gasteiger charge is -2.26. The van der Waals surface area contributed by atoms with Crippen molar-refractivity contribution < 1.29 is 13.5 Å². The fraction of sp³-hybridized carbons (Fsp3) is 0.467. The molecule has 0 radical (unpaired) electrons. The Morgan fingerprint density at radius 1 is 1.25 bits per heavy atom. The fourth-order valence-corrected chi connectivity index (χ4v) is 3.73. The average molecular weight is 295 g/mol. The summed E-state index contributed by atoms with van der Waals surface area (Å²) in [6.45, 7) is 3.64. The van der Waals surface area contributed by atoms with E-state index in [1.54, 1.807) is 31.3 Å². The molecular weight excluding hydrogens is 274 g/mol. The highest BCUT2D eigenvalue weighted by Crippen LogP contribution is 2.22. The number of nitrogens with zero attached hydrogens (tertiary/aromatic N) is 1. The van der Waals surface area contributed by atoms with Crippen molar-refractivity contribution >= 4 is 10.0 Å². The number of aliphatic hydroxyl groups is 1. The van der Waals surface area contributed by atoms with Crippen molar-refractivity contribution in [2.45, 2.75) is 37.6 Å². The molecule has 0 heterocycles. The molecule has 1 aromatic carbocycles. The van der Waals surface area contributed by atoms with Gasteiger partial charge in [-0.1, -0.05) is 37.8 Å². The SMILES string of the molecule is CCC(CC)N(C)S(=O)(=O)c1ccccc1C#CCO. The molecule has 0 atom stereocenters. The summed E-state index contributed by atoms with van der Waals surface area (Å²) in [6.07, 6.45) is 1.52. The van der Waals surface area contributed by atoms with Gasteiger partial charge in [0.2, 0.25) is 10.0 Å². The molecule has 0 saturated carbocycles. The van der Waals surface area contributed by atoms with Crippen LogP contribution in [0.1, 0.15) is 32.3 Å². The van der Waals surface area contributed by atoms with Gasteiger partial charge in [0.05, 0.1) is 4.90 Å². The smallest absolute Gasteiger partial charge is 0.244 e. The van der Waals surface area contributed by atoms with E-state index in [0.717, 1.165) is 12.8 Å². The van der Waals surface area contributed by atoms with Gasteiger partial charge in [-0.2, -0.15) is 4.31 Å². The van der Waals surface area contributed by atoms with Gasteiger partial charge in [0.15, 0.2) is 0 Å². The van der Waals surface area contributed by atoms with Gasteiger partial charge in [0.1, 0.15) is 6.61 Å². The summed E-state index contributed by atoms with van der Waals surface area (Å²) in [4.78, 5) is 0.190. The van der Waals surface area contributed by atoms with E-state index < -0.39 is 10.0 Å². The van der Waals surface area contributed by atoms with E-state index in [0.29, 0.717) is 5.56 Å². The Bertz CT molecular complexity index is 595. The van der Waals surface area contributed by atoms with Gasteiger partial charge < -0.3 is 5.11 Å². The van der Waals surface area contributed by atoms with E-state index in [9.17, 15) is 8.42 Å². The zero-order valence-electron chi connectivity index (χ0n) is 12.1. The zero-order valence-corrected chi connectivity index (χ0v) is 12.9. The second-order valence-electron chi connectivity index (χ2n) is 4.45. The van der Waals surface area contributed by atoms with Gasteiger partial charge >= 0.3 is 0 Å². The first-order valence-corrected chi connectivity index (χ1v) is 8.09. The molecule has 1 aromatic rings. The highest BCUT2D eigenvalue weighted by molar-refractivity contribution is 7.89. The maximum atomic E-state index is 12.7. The van der Waals surface area contributed by atoms with E-state index in [1.807, 2.05) is 13.8 Å². The van der Waals surface area contributed by atoms with Crippen molar-refractivity contribution in [2.75, 3.05) is 13.7 Å². The van der Waals surface area contributed by atoms with Crippen molar-refractivity contribution in [2.24, 2.45) is 0 Å². The monoisotopic (exact) mass is 295 g/mol. The van der Waals surface area contributed by atoms with E-state index in [2.05, 4.69) is 11.8 Å². The Morgan fingerprint density at radius 2 is 1.85 bits per heavy atom. The normalized spacial score (nSPS) is 11.5. The van der Waals surface area contributed by atoms with Gasteiger partial charge in [-0.3, -0.25) is 0 Å². The molecule has 0 fully saturated rings. The fourth-order valence-electron chi connectivity index (χ4n) is 2.08. The van der Waals surface area contributed by atoms with Crippen LogP contribution in [0.5, 0.6) is 0 Å². The van der Waals surface area contributed by atoms with E-state index in [4.69, 9.17) is 5.11 Å². The molecule has 110 valence electrons. The minimum absolute atomic E-state index is 0.0288. The van der Waals surface area contributed by atoms with E-state index in [-0.39, 0.29) is 17.5 Å². The quantitative estimate of drug-likeness (QED) is 0.843. The van der Waals surface area contributed by atoms with Crippen LogP contribution in [0.25, 0.3) is 0 Å². The van der Waals surface area contributed by atoms with Gasteiger partial charge in [-0.05, 0) is 25.0 Å². The molecule has 0 aliphatic heterocycles. The minimum atomic E-state index is -3.57. The predicted molar refractivity (Wildman–Crippen MR) is 79.7 cm³/mol. The number of rotatable bonds is 5. The third-order valence-electron chi connectivity index (χ3n) is 3.30. The zero-order chi connectivity index (χ0) is 15.2. The summed E-state index contributed by atoms with van der Waals surface area (Å²) in [5.74, 6) is 5.19. The van der Waals surface area contributed by atoms with Crippen molar-refractivity contribution in [1.29, 1.82) is 0 Å². The first-order valence-electron chi connectivity index (χ1n) is 6.65. The van der Waals surface area contributed by atoms with Crippen LogP contribution in [0.2, 0.25) is 0 Å². The Balaban J connectivity index is 3.29. The Hall–Kier alpha value is -1.35. The second-order valence-corrected chi connectivity index (χ2v) is 6.41. The predicted octanol–water partition coefficient (Wildman–Crippen LogP) is 1.84. The maximum absolute atomic E-state index is 12.7. The molecule has 0 bridgehead atoms. The molecule has 5 heteroatoms. The topological polar surface area (TPSA) is 57.6 Å². The summed E-state index contributed by atoms with van der Waals surface area (Å²) in [7, 11) is -1.97. The molecular formula is C15H21NO3S. The van der Waals surface area contributed by atoms with Crippen LogP contribution in [-0.2, 0) is 10.0 Å². The second kappa shape index (κ2) is 7.44. The lowest BCUT2D eigenvalue weighted by atomic mass is 10.2. The van der Waals surface area contributed by atoms with Gasteiger partial charge in [0.25, 0.3) is 0 Å². The van der Waals surface area contributed by atoms with Crippen LogP contribution in [0.15, 0.2) is 29.2 Å². The van der Waals surface area contributed by atoms with Crippen molar-refractivity contribution in [1.82, 2.24) is 4.31 Å². The number of sulfonamides is 1. The third kappa shape index (κ3) is 3.60. The Morgan fingerprint density at radius 3 is 2.40 bits per heavy atom. The summed E-state index contributed by atoms with van der Waals surface area (Å²) in [5, 5.41) is 8.76. The van der Waals surface area contributed by atoms with Crippen molar-refractivity contribution in [3.63, 3.8) is 0 Å². The Kier molecular flexibility index (Phi) is 6.21. The van der Waals surface area contributed by atoms with Crippen LogP contribution in [0.4, 0.5) is 0 Å². The van der Waals surface area contributed by atoms with Crippen LogP contribution in [-0.4, -0.2) is 37.5 Å². The minimum Gasteiger partial charge on any atom is -0.384 e. The molecule has 0 aliphatic carbocycles. The highest BCUT2D eigenvalue weighted by Gasteiger charge is 2.27. The van der Waals surface area contributed by atoms with E-state index in [1.165, 1.54) is 4.31 Å². The molecule has 1 N–H and O–H groups in total. The van der Waals surface area contributed by atoms with Gasteiger partial charge in [-0.15, -0.1) is 0 Å². The number of hydrogen-bond acceptors (Lipinski definition) is 3. The maximum Gasteiger partial charge on any atom is 0.244 e. The van der Waals surface area contributed by atoms with Crippen molar-refractivity contribution in [3.8, 4) is 11.8 Å². The van der Waals surface area contributed by atoms with Crippen LogP contribution < -0.4 is 0 Å². The van der Waals surface area contributed by atoms with Gasteiger partial charge in [0, 0.05) is 18.7 Å². The first-order chi connectivity index (χ1) is 9.48. The molecule has 0 saturated heterocycles. The molecule has 0 unspecified atom stereocenters. The lowest BCUT2D eigenvalue weighted by molar-refractivity contribution is 0.349. The molecule has 0 amide bonds. The largest absolute Gasteiger partial charge is 0.384 e. The summed E-state index contributed by atoms with van der Waals surface area (Å²) in [6, 6.07) is 6.58. The number of hydrogen-bond donors (Lipinski definition) is 1. The van der Waals surface area contributed by atoms with E-state index >= 15 is 0 Å². The summed E-state index contributed by atoms with van der Waals surface area (Å²) in [5.41, 5.74) is 0.416. The van der Waals surface area contributed by atoms with Crippen LogP contribution >= 0.6 is 0 Å².